The van der Waals surface area contributed by atoms with Gasteiger partial charge in [-0.1, -0.05) is 0 Å². The molecule has 0 amide bonds. The zero-order valence-corrected chi connectivity index (χ0v) is 16.1. The molecule has 7 nitrogen and oxygen atoms in total. The number of anilines is 1. The molecule has 0 bridgehead atoms. The van der Waals surface area contributed by atoms with E-state index >= 15 is 0 Å². The standard InChI is InChI=1S/C18H15F3N6OS/c1-26-17-11(8-23-26)3-4-14(28-2)16(17)25-29-13-9-24-27(10-13)15-7-12(5-6-22-15)18(19,20)21/h3-10,25H,1-2H3. The number of benzene rings is 1. The van der Waals surface area contributed by atoms with Crippen molar-refractivity contribution in [3.05, 3.63) is 54.6 Å². The molecule has 0 spiro atoms. The normalized spacial score (nSPS) is 11.8. The molecule has 0 saturated carbocycles. The Bertz CT molecular complexity index is 1170. The topological polar surface area (TPSA) is 69.8 Å². The molecule has 29 heavy (non-hydrogen) atoms. The number of methoxy groups -OCH3 is 1. The average Bonchev–Trinajstić information content (AvgIpc) is 3.33. The number of rotatable bonds is 5. The Kier molecular flexibility index (Phi) is 4.82. The molecule has 4 aromatic rings. The van der Waals surface area contributed by atoms with Gasteiger partial charge in [-0.05, 0) is 36.2 Å². The minimum Gasteiger partial charge on any atom is -0.494 e. The van der Waals surface area contributed by atoms with Gasteiger partial charge in [0.1, 0.15) is 11.4 Å². The van der Waals surface area contributed by atoms with Crippen molar-refractivity contribution in [3.63, 3.8) is 0 Å². The van der Waals surface area contributed by atoms with Gasteiger partial charge in [0.25, 0.3) is 0 Å². The van der Waals surface area contributed by atoms with E-state index in [0.717, 1.165) is 34.9 Å². The summed E-state index contributed by atoms with van der Waals surface area (Å²) >= 11 is 1.25. The number of nitrogens with zero attached hydrogens (tertiary/aromatic N) is 5. The van der Waals surface area contributed by atoms with Crippen molar-refractivity contribution in [2.75, 3.05) is 11.8 Å². The monoisotopic (exact) mass is 420 g/mol. The Morgan fingerprint density at radius 2 is 1.97 bits per heavy atom. The van der Waals surface area contributed by atoms with Crippen molar-refractivity contribution in [2.45, 2.75) is 11.1 Å². The fourth-order valence-electron chi connectivity index (χ4n) is 2.83. The lowest BCUT2D eigenvalue weighted by Crippen LogP contribution is -2.07. The molecule has 150 valence electrons. The second-order valence-electron chi connectivity index (χ2n) is 6.07. The first kappa shape index (κ1) is 19.1. The van der Waals surface area contributed by atoms with Crippen molar-refractivity contribution in [1.82, 2.24) is 24.5 Å². The van der Waals surface area contributed by atoms with E-state index in [1.807, 2.05) is 19.2 Å². The number of hydrogen-bond donors (Lipinski definition) is 1. The maximum Gasteiger partial charge on any atom is 0.416 e. The number of fused-ring (bicyclic) bond motifs is 1. The van der Waals surface area contributed by atoms with E-state index in [1.165, 1.54) is 22.8 Å². The number of ether oxygens (including phenoxy) is 1. The molecule has 4 rings (SSSR count). The van der Waals surface area contributed by atoms with Gasteiger partial charge < -0.3 is 9.46 Å². The van der Waals surface area contributed by atoms with Gasteiger partial charge in [0.15, 0.2) is 5.82 Å². The minimum absolute atomic E-state index is 0.0815. The number of aryl methyl sites for hydroxylation is 1. The largest absolute Gasteiger partial charge is 0.494 e. The number of pyridine rings is 1. The molecule has 0 fully saturated rings. The lowest BCUT2D eigenvalue weighted by Gasteiger charge is -2.12. The Balaban J connectivity index is 1.59. The number of alkyl halides is 3. The third-order valence-corrected chi connectivity index (χ3v) is 4.97. The average molecular weight is 420 g/mol. The summed E-state index contributed by atoms with van der Waals surface area (Å²) in [5, 5.41) is 9.31. The summed E-state index contributed by atoms with van der Waals surface area (Å²) in [6, 6.07) is 5.62. The van der Waals surface area contributed by atoms with Crippen LogP contribution in [0.2, 0.25) is 0 Å². The molecule has 0 saturated heterocycles. The molecule has 0 aliphatic carbocycles. The molecule has 0 radical (unpaired) electrons. The SMILES string of the molecule is COc1ccc2cnn(C)c2c1NSc1cnn(-c2cc(C(F)(F)F)ccn2)c1. The van der Waals surface area contributed by atoms with Gasteiger partial charge in [0.2, 0.25) is 0 Å². The third kappa shape index (κ3) is 3.73. The molecule has 1 N–H and O–H groups in total. The van der Waals surface area contributed by atoms with Gasteiger partial charge >= 0.3 is 6.18 Å². The summed E-state index contributed by atoms with van der Waals surface area (Å²) in [7, 11) is 3.40. The number of nitrogens with one attached hydrogen (secondary N) is 1. The molecule has 0 unspecified atom stereocenters. The van der Waals surface area contributed by atoms with Crippen LogP contribution >= 0.6 is 11.9 Å². The summed E-state index contributed by atoms with van der Waals surface area (Å²) in [5.74, 6) is 0.721. The molecule has 3 heterocycles. The quantitative estimate of drug-likeness (QED) is 0.486. The van der Waals surface area contributed by atoms with Crippen molar-refractivity contribution in [3.8, 4) is 11.6 Å². The van der Waals surface area contributed by atoms with Gasteiger partial charge in [-0.25, -0.2) is 9.67 Å². The lowest BCUT2D eigenvalue weighted by atomic mass is 10.2. The molecule has 1 aromatic carbocycles. The highest BCUT2D eigenvalue weighted by atomic mass is 32.2. The Morgan fingerprint density at radius 3 is 2.72 bits per heavy atom. The van der Waals surface area contributed by atoms with Crippen LogP contribution in [0.3, 0.4) is 0 Å². The summed E-state index contributed by atoms with van der Waals surface area (Å²) < 4.78 is 50.4. The van der Waals surface area contributed by atoms with Gasteiger partial charge in [-0.15, -0.1) is 0 Å². The van der Waals surface area contributed by atoms with Gasteiger partial charge in [-0.2, -0.15) is 23.4 Å². The highest BCUT2D eigenvalue weighted by molar-refractivity contribution is 8.00. The predicted molar refractivity (Wildman–Crippen MR) is 103 cm³/mol. The number of halogens is 3. The maximum absolute atomic E-state index is 12.9. The zero-order chi connectivity index (χ0) is 20.6. The highest BCUT2D eigenvalue weighted by Gasteiger charge is 2.31. The third-order valence-electron chi connectivity index (χ3n) is 4.22. The van der Waals surface area contributed by atoms with Crippen LogP contribution in [0.25, 0.3) is 16.7 Å². The smallest absolute Gasteiger partial charge is 0.416 e. The summed E-state index contributed by atoms with van der Waals surface area (Å²) in [4.78, 5) is 4.65. The fourth-order valence-corrected chi connectivity index (χ4v) is 3.50. The van der Waals surface area contributed by atoms with Crippen LogP contribution < -0.4 is 9.46 Å². The first-order valence-electron chi connectivity index (χ1n) is 8.36. The first-order valence-corrected chi connectivity index (χ1v) is 9.18. The first-order chi connectivity index (χ1) is 13.9. The summed E-state index contributed by atoms with van der Waals surface area (Å²) in [5.41, 5.74) is 0.821. The van der Waals surface area contributed by atoms with E-state index < -0.39 is 11.7 Å². The minimum atomic E-state index is -4.44. The molecule has 11 heteroatoms. The van der Waals surface area contributed by atoms with Gasteiger partial charge in [0.05, 0.1) is 35.5 Å². The predicted octanol–water partition coefficient (Wildman–Crippen LogP) is 4.30. The fraction of sp³-hybridized carbons (Fsp3) is 0.167. The van der Waals surface area contributed by atoms with E-state index in [9.17, 15) is 13.2 Å². The van der Waals surface area contributed by atoms with E-state index in [1.54, 1.807) is 24.2 Å². The molecule has 0 aliphatic rings. The Hall–Kier alpha value is -3.21. The van der Waals surface area contributed by atoms with E-state index in [4.69, 9.17) is 4.74 Å². The second kappa shape index (κ2) is 7.32. The number of hydrogen-bond acceptors (Lipinski definition) is 6. The highest BCUT2D eigenvalue weighted by Crippen LogP contribution is 2.36. The number of aromatic nitrogens is 5. The van der Waals surface area contributed by atoms with Crippen LogP contribution in [0.5, 0.6) is 5.75 Å². The molecule has 3 aromatic heterocycles. The maximum atomic E-state index is 12.9. The van der Waals surface area contributed by atoms with Gasteiger partial charge in [-0.3, -0.25) is 4.68 Å². The molecular formula is C18H15F3N6OS. The Labute approximate surface area is 167 Å². The van der Waals surface area contributed by atoms with Crippen LogP contribution in [0, 0.1) is 0 Å². The van der Waals surface area contributed by atoms with E-state index in [2.05, 4.69) is 19.9 Å². The Morgan fingerprint density at radius 1 is 1.14 bits per heavy atom. The van der Waals surface area contributed by atoms with Crippen molar-refractivity contribution >= 4 is 28.5 Å². The zero-order valence-electron chi connectivity index (χ0n) is 15.3. The lowest BCUT2D eigenvalue weighted by molar-refractivity contribution is -0.137. The van der Waals surface area contributed by atoms with Crippen molar-refractivity contribution < 1.29 is 17.9 Å². The summed E-state index contributed by atoms with van der Waals surface area (Å²) in [6.07, 6.45) is 1.55. The van der Waals surface area contributed by atoms with Crippen molar-refractivity contribution in [1.29, 1.82) is 0 Å². The van der Waals surface area contributed by atoms with Crippen molar-refractivity contribution in [2.24, 2.45) is 7.05 Å². The summed E-state index contributed by atoms with van der Waals surface area (Å²) in [6.45, 7) is 0. The van der Waals surface area contributed by atoms with Gasteiger partial charge in [0, 0.05) is 24.8 Å². The van der Waals surface area contributed by atoms with Crippen LogP contribution in [0.1, 0.15) is 5.56 Å². The van der Waals surface area contributed by atoms with E-state index in [0.29, 0.717) is 10.6 Å². The molecule has 0 atom stereocenters. The van der Waals surface area contributed by atoms with Crippen LogP contribution in [-0.4, -0.2) is 31.7 Å². The van der Waals surface area contributed by atoms with Crippen LogP contribution in [0.15, 0.2) is 53.9 Å². The van der Waals surface area contributed by atoms with E-state index in [-0.39, 0.29) is 5.82 Å². The second-order valence-corrected chi connectivity index (χ2v) is 6.95. The van der Waals surface area contributed by atoms with Crippen LogP contribution in [-0.2, 0) is 13.2 Å². The molecule has 0 aliphatic heterocycles. The van der Waals surface area contributed by atoms with Crippen LogP contribution in [0.4, 0.5) is 18.9 Å². The molecular weight excluding hydrogens is 405 g/mol.